The van der Waals surface area contributed by atoms with Crippen molar-refractivity contribution in [2.45, 2.75) is 30.6 Å². The van der Waals surface area contributed by atoms with Crippen LogP contribution in [-0.2, 0) is 10.0 Å². The summed E-state index contributed by atoms with van der Waals surface area (Å²) in [4.78, 5) is 14.9. The number of piperidine rings is 1. The van der Waals surface area contributed by atoms with Gasteiger partial charge >= 0.3 is 0 Å². The van der Waals surface area contributed by atoms with Crippen molar-refractivity contribution in [3.8, 4) is 0 Å². The number of rotatable bonds is 8. The Morgan fingerprint density at radius 2 is 1.76 bits per heavy atom. The number of anilines is 1. The van der Waals surface area contributed by atoms with Crippen LogP contribution in [-0.4, -0.2) is 45.4 Å². The molecule has 1 amide bonds. The first kappa shape index (κ1) is 21.6. The number of halogens is 1. The van der Waals surface area contributed by atoms with Gasteiger partial charge in [0, 0.05) is 12.1 Å². The molecular formula is C21H26ClN3O3S. The average Bonchev–Trinajstić information content (AvgIpc) is 2.74. The lowest BCUT2D eigenvalue weighted by Gasteiger charge is -2.26. The van der Waals surface area contributed by atoms with Gasteiger partial charge in [0.15, 0.2) is 0 Å². The van der Waals surface area contributed by atoms with Crippen LogP contribution in [0.4, 0.5) is 5.69 Å². The molecule has 0 radical (unpaired) electrons. The monoisotopic (exact) mass is 435 g/mol. The second-order valence-electron chi connectivity index (χ2n) is 7.12. The number of hydrogen-bond donors (Lipinski definition) is 2. The van der Waals surface area contributed by atoms with E-state index < -0.39 is 10.0 Å². The fourth-order valence-corrected chi connectivity index (χ4v) is 4.72. The van der Waals surface area contributed by atoms with E-state index in [-0.39, 0.29) is 21.5 Å². The van der Waals surface area contributed by atoms with Crippen LogP contribution >= 0.6 is 11.6 Å². The highest BCUT2D eigenvalue weighted by Crippen LogP contribution is 2.25. The van der Waals surface area contributed by atoms with Gasteiger partial charge in [0.25, 0.3) is 15.9 Å². The van der Waals surface area contributed by atoms with Crippen LogP contribution in [0.25, 0.3) is 0 Å². The van der Waals surface area contributed by atoms with E-state index in [1.807, 2.05) is 0 Å². The highest BCUT2D eigenvalue weighted by molar-refractivity contribution is 7.92. The maximum Gasteiger partial charge on any atom is 0.261 e. The third-order valence-electron chi connectivity index (χ3n) is 4.91. The minimum atomic E-state index is -3.74. The number of hydrogen-bond acceptors (Lipinski definition) is 4. The third-order valence-corrected chi connectivity index (χ3v) is 6.61. The molecule has 0 unspecified atom stereocenters. The topological polar surface area (TPSA) is 78.5 Å². The summed E-state index contributed by atoms with van der Waals surface area (Å²) in [6.07, 6.45) is 4.72. The van der Waals surface area contributed by atoms with E-state index in [1.54, 1.807) is 24.3 Å². The highest BCUT2D eigenvalue weighted by Gasteiger charge is 2.16. The minimum Gasteiger partial charge on any atom is -0.352 e. The average molecular weight is 436 g/mol. The fourth-order valence-electron chi connectivity index (χ4n) is 3.33. The summed E-state index contributed by atoms with van der Waals surface area (Å²) in [5.41, 5.74) is 0.632. The van der Waals surface area contributed by atoms with Crippen LogP contribution in [0.2, 0.25) is 5.02 Å². The Balaban J connectivity index is 1.53. The first-order valence-electron chi connectivity index (χ1n) is 9.84. The van der Waals surface area contributed by atoms with Crippen molar-refractivity contribution < 1.29 is 13.2 Å². The highest BCUT2D eigenvalue weighted by atomic mass is 35.5. The minimum absolute atomic E-state index is 0.145. The van der Waals surface area contributed by atoms with Gasteiger partial charge < -0.3 is 10.2 Å². The summed E-state index contributed by atoms with van der Waals surface area (Å²) in [6.45, 7) is 3.87. The van der Waals surface area contributed by atoms with Crippen LogP contribution in [0, 0.1) is 0 Å². The molecule has 1 aliphatic heterocycles. The number of likely N-dealkylation sites (tertiary alicyclic amines) is 1. The number of nitrogens with one attached hydrogen (secondary N) is 2. The predicted molar refractivity (Wildman–Crippen MR) is 116 cm³/mol. The van der Waals surface area contributed by atoms with E-state index in [9.17, 15) is 13.2 Å². The standard InChI is InChI=1S/C21H26ClN3O3S/c22-19-16-17(21(26)23-12-7-15-25-13-5-2-6-14-25)10-11-20(19)24-29(27,28)18-8-3-1-4-9-18/h1,3-4,8-11,16,24H,2,5-7,12-15H2,(H,23,26). The van der Waals surface area contributed by atoms with Crippen molar-refractivity contribution in [2.75, 3.05) is 30.9 Å². The molecule has 2 N–H and O–H groups in total. The van der Waals surface area contributed by atoms with Gasteiger partial charge in [-0.05, 0) is 69.2 Å². The molecule has 1 fully saturated rings. The molecule has 0 spiro atoms. The summed E-state index contributed by atoms with van der Waals surface area (Å²) >= 11 is 6.22. The second-order valence-corrected chi connectivity index (χ2v) is 9.21. The Morgan fingerprint density at radius 3 is 2.45 bits per heavy atom. The number of sulfonamides is 1. The van der Waals surface area contributed by atoms with E-state index in [4.69, 9.17) is 11.6 Å². The van der Waals surface area contributed by atoms with Crippen LogP contribution < -0.4 is 10.0 Å². The molecule has 0 saturated carbocycles. The smallest absolute Gasteiger partial charge is 0.261 e. The molecule has 29 heavy (non-hydrogen) atoms. The molecule has 3 rings (SSSR count). The maximum atomic E-state index is 12.4. The lowest BCUT2D eigenvalue weighted by molar-refractivity contribution is 0.0951. The molecule has 8 heteroatoms. The molecule has 0 aliphatic carbocycles. The van der Waals surface area contributed by atoms with E-state index in [1.165, 1.54) is 43.5 Å². The van der Waals surface area contributed by atoms with Crippen molar-refractivity contribution in [2.24, 2.45) is 0 Å². The molecule has 0 aromatic heterocycles. The van der Waals surface area contributed by atoms with Gasteiger partial charge in [-0.25, -0.2) is 8.42 Å². The summed E-state index contributed by atoms with van der Waals surface area (Å²) in [5.74, 6) is -0.219. The van der Waals surface area contributed by atoms with Crippen LogP contribution in [0.1, 0.15) is 36.0 Å². The predicted octanol–water partition coefficient (Wildman–Crippen LogP) is 3.75. The first-order chi connectivity index (χ1) is 14.0. The summed E-state index contributed by atoms with van der Waals surface area (Å²) in [5, 5.41) is 3.07. The zero-order valence-electron chi connectivity index (χ0n) is 16.2. The van der Waals surface area contributed by atoms with E-state index >= 15 is 0 Å². The zero-order chi connectivity index (χ0) is 20.7. The van der Waals surface area contributed by atoms with E-state index in [0.29, 0.717) is 12.1 Å². The summed E-state index contributed by atoms with van der Waals surface area (Å²) in [6, 6.07) is 12.6. The van der Waals surface area contributed by atoms with Gasteiger partial charge in [0.05, 0.1) is 15.6 Å². The van der Waals surface area contributed by atoms with Gasteiger partial charge in [0.2, 0.25) is 0 Å². The number of carbonyl (C=O) groups excluding carboxylic acids is 1. The summed E-state index contributed by atoms with van der Waals surface area (Å²) < 4.78 is 27.3. The van der Waals surface area contributed by atoms with Crippen LogP contribution in [0.3, 0.4) is 0 Å². The molecule has 6 nitrogen and oxygen atoms in total. The fraction of sp³-hybridized carbons (Fsp3) is 0.381. The molecule has 1 saturated heterocycles. The zero-order valence-corrected chi connectivity index (χ0v) is 17.8. The number of amides is 1. The van der Waals surface area contributed by atoms with Crippen molar-refractivity contribution in [3.05, 3.63) is 59.1 Å². The molecule has 0 bridgehead atoms. The molecule has 156 valence electrons. The van der Waals surface area contributed by atoms with E-state index in [2.05, 4.69) is 14.9 Å². The molecule has 1 heterocycles. The van der Waals surface area contributed by atoms with Crippen molar-refractivity contribution in [3.63, 3.8) is 0 Å². The first-order valence-corrected chi connectivity index (χ1v) is 11.7. The van der Waals surface area contributed by atoms with Crippen molar-refractivity contribution >= 4 is 33.2 Å². The Bertz CT molecular complexity index is 929. The van der Waals surface area contributed by atoms with Gasteiger partial charge in [0.1, 0.15) is 0 Å². The molecular weight excluding hydrogens is 410 g/mol. The number of carbonyl (C=O) groups is 1. The summed E-state index contributed by atoms with van der Waals surface area (Å²) in [7, 11) is -3.74. The molecule has 2 aromatic rings. The van der Waals surface area contributed by atoms with Crippen LogP contribution in [0.15, 0.2) is 53.4 Å². The quantitative estimate of drug-likeness (QED) is 0.619. The largest absolute Gasteiger partial charge is 0.352 e. The maximum absolute atomic E-state index is 12.4. The van der Waals surface area contributed by atoms with E-state index in [0.717, 1.165) is 26.1 Å². The molecule has 0 atom stereocenters. The SMILES string of the molecule is O=C(NCCCN1CCCCC1)c1ccc(NS(=O)(=O)c2ccccc2)c(Cl)c1. The Labute approximate surface area is 177 Å². The third kappa shape index (κ3) is 6.19. The Hall–Kier alpha value is -2.09. The Kier molecular flexibility index (Phi) is 7.52. The molecule has 1 aliphatic rings. The lowest BCUT2D eigenvalue weighted by atomic mass is 10.1. The van der Waals surface area contributed by atoms with Gasteiger partial charge in [-0.15, -0.1) is 0 Å². The Morgan fingerprint density at radius 1 is 1.03 bits per heavy atom. The van der Waals surface area contributed by atoms with Crippen molar-refractivity contribution in [1.82, 2.24) is 10.2 Å². The van der Waals surface area contributed by atoms with Gasteiger partial charge in [-0.3, -0.25) is 9.52 Å². The van der Waals surface area contributed by atoms with Gasteiger partial charge in [-0.2, -0.15) is 0 Å². The molecule has 2 aromatic carbocycles. The lowest BCUT2D eigenvalue weighted by Crippen LogP contribution is -2.33. The van der Waals surface area contributed by atoms with Crippen molar-refractivity contribution in [1.29, 1.82) is 0 Å². The number of nitrogens with zero attached hydrogens (tertiary/aromatic N) is 1. The second kappa shape index (κ2) is 10.1. The van der Waals surface area contributed by atoms with Crippen LogP contribution in [0.5, 0.6) is 0 Å². The normalized spacial score (nSPS) is 15.1. The number of benzene rings is 2. The van der Waals surface area contributed by atoms with Gasteiger partial charge in [-0.1, -0.05) is 36.2 Å².